The van der Waals surface area contributed by atoms with Gasteiger partial charge in [-0.2, -0.15) is 0 Å². The highest BCUT2D eigenvalue weighted by molar-refractivity contribution is 6.20. The number of carbonyl (C=O) groups is 1. The molecule has 4 aromatic carbocycles. The molecule has 0 saturated carbocycles. The Morgan fingerprint density at radius 2 is 0.897 bits per heavy atom. The lowest BCUT2D eigenvalue weighted by Gasteiger charge is -2.11. The number of hydrogen-bond acceptors (Lipinski definition) is 1. The van der Waals surface area contributed by atoms with E-state index < -0.39 is 5.97 Å². The fraction of sp³-hybridized carbons (Fsp3) is 0. The summed E-state index contributed by atoms with van der Waals surface area (Å²) in [6.45, 7) is 0. The lowest BCUT2D eigenvalue weighted by atomic mass is 9.91. The van der Waals surface area contributed by atoms with E-state index in [1.807, 2.05) is 30.3 Å². The van der Waals surface area contributed by atoms with E-state index >= 15 is 0 Å². The van der Waals surface area contributed by atoms with Gasteiger partial charge in [0.25, 0.3) is 0 Å². The van der Waals surface area contributed by atoms with Crippen molar-refractivity contribution in [3.63, 3.8) is 0 Å². The molecule has 2 nitrogen and oxygen atoms in total. The van der Waals surface area contributed by atoms with Gasteiger partial charge in [-0.25, -0.2) is 4.79 Å². The topological polar surface area (TPSA) is 37.3 Å². The van der Waals surface area contributed by atoms with Crippen molar-refractivity contribution >= 4 is 17.1 Å². The highest BCUT2D eigenvalue weighted by atomic mass is 16.4. The van der Waals surface area contributed by atoms with Gasteiger partial charge in [-0.1, -0.05) is 84.9 Å². The third-order valence-corrected chi connectivity index (χ3v) is 5.96. The summed E-state index contributed by atoms with van der Waals surface area (Å²) in [6, 6.07) is 30.7. The molecule has 0 bridgehead atoms. The normalized spacial score (nSPS) is 13.0. The zero-order valence-electron chi connectivity index (χ0n) is 15.5. The van der Waals surface area contributed by atoms with Crippen LogP contribution in [0, 0.1) is 0 Å². The van der Waals surface area contributed by atoms with Gasteiger partial charge in [-0.05, 0) is 56.2 Å². The second kappa shape index (κ2) is 5.79. The molecule has 2 aliphatic rings. The minimum atomic E-state index is -0.893. The molecule has 0 unspecified atom stereocenters. The summed E-state index contributed by atoms with van der Waals surface area (Å²) >= 11 is 0. The molecule has 0 aromatic heterocycles. The molecule has 0 amide bonds. The second-order valence-electron chi connectivity index (χ2n) is 7.42. The van der Waals surface area contributed by atoms with Crippen LogP contribution in [0.3, 0.4) is 0 Å². The van der Waals surface area contributed by atoms with E-state index in [4.69, 9.17) is 0 Å². The number of hydrogen-bond donors (Lipinski definition) is 1. The lowest BCUT2D eigenvalue weighted by Crippen LogP contribution is -1.99. The van der Waals surface area contributed by atoms with Crippen LogP contribution in [0.2, 0.25) is 0 Å². The van der Waals surface area contributed by atoms with Gasteiger partial charge in [-0.3, -0.25) is 0 Å². The summed E-state index contributed by atoms with van der Waals surface area (Å²) in [5.74, 6) is -0.893. The van der Waals surface area contributed by atoms with Crippen molar-refractivity contribution in [1.82, 2.24) is 0 Å². The molecule has 136 valence electrons. The maximum Gasteiger partial charge on any atom is 0.336 e. The Morgan fingerprint density at radius 3 is 1.45 bits per heavy atom. The van der Waals surface area contributed by atoms with Gasteiger partial charge in [0, 0.05) is 5.56 Å². The Kier molecular flexibility index (Phi) is 3.21. The number of carboxylic acids is 1. The minimum Gasteiger partial charge on any atom is -0.478 e. The van der Waals surface area contributed by atoms with Crippen LogP contribution in [-0.4, -0.2) is 11.1 Å². The highest BCUT2D eigenvalue weighted by Gasteiger charge is 2.33. The smallest absolute Gasteiger partial charge is 0.336 e. The predicted molar refractivity (Wildman–Crippen MR) is 116 cm³/mol. The van der Waals surface area contributed by atoms with Gasteiger partial charge in [-0.15, -0.1) is 0 Å². The van der Waals surface area contributed by atoms with Crippen LogP contribution in [0.1, 0.15) is 32.6 Å². The number of aromatic carboxylic acids is 1. The maximum absolute atomic E-state index is 12.0. The van der Waals surface area contributed by atoms with Crippen molar-refractivity contribution in [1.29, 1.82) is 0 Å². The van der Waals surface area contributed by atoms with E-state index in [1.165, 1.54) is 27.8 Å². The summed E-state index contributed by atoms with van der Waals surface area (Å²) in [5.41, 5.74) is 11.4. The average molecular weight is 372 g/mol. The van der Waals surface area contributed by atoms with Gasteiger partial charge in [0.15, 0.2) is 0 Å². The zero-order chi connectivity index (χ0) is 19.5. The third-order valence-electron chi connectivity index (χ3n) is 5.96. The van der Waals surface area contributed by atoms with E-state index in [1.54, 1.807) is 6.07 Å². The molecule has 2 heteroatoms. The largest absolute Gasteiger partial charge is 0.478 e. The zero-order valence-corrected chi connectivity index (χ0v) is 15.5. The fourth-order valence-electron chi connectivity index (χ4n) is 4.85. The summed E-state index contributed by atoms with van der Waals surface area (Å²) < 4.78 is 0. The highest BCUT2D eigenvalue weighted by Crippen LogP contribution is 2.54. The summed E-state index contributed by atoms with van der Waals surface area (Å²) in [7, 11) is 0. The first-order valence-electron chi connectivity index (χ1n) is 9.65. The van der Waals surface area contributed by atoms with Gasteiger partial charge < -0.3 is 5.11 Å². The number of benzene rings is 4. The predicted octanol–water partition coefficient (Wildman–Crippen LogP) is 6.35. The van der Waals surface area contributed by atoms with E-state index in [-0.39, 0.29) is 0 Å². The van der Waals surface area contributed by atoms with Crippen LogP contribution in [-0.2, 0) is 0 Å². The van der Waals surface area contributed by atoms with Gasteiger partial charge in [0.1, 0.15) is 0 Å². The monoisotopic (exact) mass is 372 g/mol. The number of carboxylic acid groups (broad SMARTS) is 1. The SMILES string of the molecule is O=C(O)c1cccc2c1-c1ccccc1C2=C1c2ccccc2-c2ccccc21. The van der Waals surface area contributed by atoms with Crippen molar-refractivity contribution in [3.05, 3.63) is 119 Å². The first-order valence-corrected chi connectivity index (χ1v) is 9.65. The fourth-order valence-corrected chi connectivity index (χ4v) is 4.85. The molecule has 0 fully saturated rings. The average Bonchev–Trinajstić information content (AvgIpc) is 3.26. The Morgan fingerprint density at radius 1 is 0.483 bits per heavy atom. The van der Waals surface area contributed by atoms with Crippen molar-refractivity contribution in [2.45, 2.75) is 0 Å². The standard InChI is InChI=1S/C27H16O2/c28-27(29)23-15-7-14-22-24(23)20-12-5-6-13-21(20)26(22)25-18-10-3-1-8-16(18)17-9-2-4-11-19(17)25/h1-15H,(H,28,29). The lowest BCUT2D eigenvalue weighted by molar-refractivity contribution is 0.0697. The summed E-state index contributed by atoms with van der Waals surface area (Å²) in [5, 5.41) is 9.83. The molecule has 0 saturated heterocycles. The number of fused-ring (bicyclic) bond motifs is 6. The molecule has 0 spiro atoms. The van der Waals surface area contributed by atoms with Crippen molar-refractivity contribution in [3.8, 4) is 22.3 Å². The summed E-state index contributed by atoms with van der Waals surface area (Å²) in [4.78, 5) is 12.0. The van der Waals surface area contributed by atoms with Crippen LogP contribution < -0.4 is 0 Å². The summed E-state index contributed by atoms with van der Waals surface area (Å²) in [6.07, 6.45) is 0. The molecule has 4 aromatic rings. The maximum atomic E-state index is 12.0. The van der Waals surface area contributed by atoms with E-state index in [2.05, 4.69) is 54.6 Å². The Labute approximate surface area is 168 Å². The molecule has 6 rings (SSSR count). The Balaban J connectivity index is 1.81. The van der Waals surface area contributed by atoms with E-state index in [0.29, 0.717) is 5.56 Å². The van der Waals surface area contributed by atoms with Gasteiger partial charge >= 0.3 is 5.97 Å². The molecule has 29 heavy (non-hydrogen) atoms. The first-order chi connectivity index (χ1) is 14.3. The van der Waals surface area contributed by atoms with Crippen LogP contribution in [0.5, 0.6) is 0 Å². The van der Waals surface area contributed by atoms with Crippen LogP contribution in [0.25, 0.3) is 33.4 Å². The van der Waals surface area contributed by atoms with Crippen molar-refractivity contribution in [2.75, 3.05) is 0 Å². The quantitative estimate of drug-likeness (QED) is 0.365. The molecule has 1 N–H and O–H groups in total. The Bertz CT molecular complexity index is 1330. The van der Waals surface area contributed by atoms with Gasteiger partial charge in [0.05, 0.1) is 5.56 Å². The second-order valence-corrected chi connectivity index (χ2v) is 7.42. The van der Waals surface area contributed by atoms with Crippen molar-refractivity contribution < 1.29 is 9.90 Å². The van der Waals surface area contributed by atoms with Crippen LogP contribution in [0.15, 0.2) is 91.0 Å². The molecule has 2 aliphatic carbocycles. The van der Waals surface area contributed by atoms with Crippen molar-refractivity contribution in [2.24, 2.45) is 0 Å². The molecule has 0 atom stereocenters. The molecular weight excluding hydrogens is 356 g/mol. The van der Waals surface area contributed by atoms with E-state index in [9.17, 15) is 9.90 Å². The number of rotatable bonds is 1. The first kappa shape index (κ1) is 16.1. The van der Waals surface area contributed by atoms with Crippen LogP contribution >= 0.6 is 0 Å². The van der Waals surface area contributed by atoms with E-state index in [0.717, 1.165) is 27.8 Å². The molecule has 0 heterocycles. The molecular formula is C27H16O2. The minimum absolute atomic E-state index is 0.352. The Hall–Kier alpha value is -3.91. The third kappa shape index (κ3) is 2.08. The van der Waals surface area contributed by atoms with Crippen LogP contribution in [0.4, 0.5) is 0 Å². The molecule has 0 radical (unpaired) electrons. The van der Waals surface area contributed by atoms with Gasteiger partial charge in [0.2, 0.25) is 0 Å². The molecule has 0 aliphatic heterocycles.